The summed E-state index contributed by atoms with van der Waals surface area (Å²) in [6.07, 6.45) is 7.28. The van der Waals surface area contributed by atoms with E-state index in [-0.39, 0.29) is 23.1 Å². The highest BCUT2D eigenvalue weighted by atomic mass is 16.2. The number of piperidine rings is 1. The molecule has 0 spiro atoms. The molecule has 0 radical (unpaired) electrons. The van der Waals surface area contributed by atoms with Gasteiger partial charge < -0.3 is 15.5 Å². The maximum Gasteiger partial charge on any atom is 0.225 e. The molecular weight excluding hydrogens is 278 g/mol. The number of carbonyl (C=O) groups is 2. The van der Waals surface area contributed by atoms with Crippen LogP contribution in [0.1, 0.15) is 51.9 Å². The first kappa shape index (κ1) is 15.8. The predicted molar refractivity (Wildman–Crippen MR) is 85.3 cm³/mol. The van der Waals surface area contributed by atoms with Crippen LogP contribution in [0.25, 0.3) is 0 Å². The van der Waals surface area contributed by atoms with Crippen LogP contribution in [-0.4, -0.2) is 48.9 Å². The number of hydrogen-bond donors (Lipinski definition) is 2. The van der Waals surface area contributed by atoms with Gasteiger partial charge in [0.05, 0.1) is 5.92 Å². The van der Waals surface area contributed by atoms with E-state index in [9.17, 15) is 9.59 Å². The SMILES string of the molecule is CC1(CNC(=O)C2CC(=O)N(C3CCCC3)C2)CCNCC1. The first-order valence-electron chi connectivity index (χ1n) is 8.85. The fourth-order valence-corrected chi connectivity index (χ4v) is 4.13. The van der Waals surface area contributed by atoms with Crippen LogP contribution in [0.4, 0.5) is 0 Å². The van der Waals surface area contributed by atoms with Crippen LogP contribution in [-0.2, 0) is 9.59 Å². The molecule has 22 heavy (non-hydrogen) atoms. The summed E-state index contributed by atoms with van der Waals surface area (Å²) >= 11 is 0. The van der Waals surface area contributed by atoms with E-state index in [1.54, 1.807) is 0 Å². The Balaban J connectivity index is 1.49. The molecule has 5 nitrogen and oxygen atoms in total. The van der Waals surface area contributed by atoms with Crippen molar-refractivity contribution < 1.29 is 9.59 Å². The molecule has 1 atom stereocenters. The highest BCUT2D eigenvalue weighted by Crippen LogP contribution is 2.30. The van der Waals surface area contributed by atoms with Gasteiger partial charge in [-0.25, -0.2) is 0 Å². The second-order valence-electron chi connectivity index (χ2n) is 7.66. The summed E-state index contributed by atoms with van der Waals surface area (Å²) in [6, 6.07) is 0.396. The van der Waals surface area contributed by atoms with Crippen molar-refractivity contribution in [2.24, 2.45) is 11.3 Å². The molecular formula is C17H29N3O2. The van der Waals surface area contributed by atoms with Gasteiger partial charge in [-0.1, -0.05) is 19.8 Å². The van der Waals surface area contributed by atoms with Gasteiger partial charge in [-0.2, -0.15) is 0 Å². The summed E-state index contributed by atoms with van der Waals surface area (Å²) < 4.78 is 0. The van der Waals surface area contributed by atoms with Crippen LogP contribution in [0.15, 0.2) is 0 Å². The maximum atomic E-state index is 12.4. The van der Waals surface area contributed by atoms with E-state index < -0.39 is 0 Å². The van der Waals surface area contributed by atoms with E-state index in [1.165, 1.54) is 12.8 Å². The van der Waals surface area contributed by atoms with Crippen molar-refractivity contribution in [3.8, 4) is 0 Å². The van der Waals surface area contributed by atoms with E-state index in [0.29, 0.717) is 19.0 Å². The van der Waals surface area contributed by atoms with Crippen molar-refractivity contribution in [2.45, 2.75) is 57.9 Å². The Bertz CT molecular complexity index is 426. The number of hydrogen-bond acceptors (Lipinski definition) is 3. The summed E-state index contributed by atoms with van der Waals surface area (Å²) in [6.45, 7) is 5.68. The number of nitrogens with zero attached hydrogens (tertiary/aromatic N) is 1. The quantitative estimate of drug-likeness (QED) is 0.822. The van der Waals surface area contributed by atoms with Crippen molar-refractivity contribution in [1.82, 2.24) is 15.5 Å². The summed E-state index contributed by atoms with van der Waals surface area (Å²) in [5.41, 5.74) is 0.203. The van der Waals surface area contributed by atoms with Crippen molar-refractivity contribution >= 4 is 11.8 Å². The number of likely N-dealkylation sites (tertiary alicyclic amines) is 1. The minimum Gasteiger partial charge on any atom is -0.355 e. The topological polar surface area (TPSA) is 61.4 Å². The third-order valence-corrected chi connectivity index (χ3v) is 5.79. The zero-order valence-corrected chi connectivity index (χ0v) is 13.7. The molecule has 3 rings (SSSR count). The third kappa shape index (κ3) is 3.45. The molecule has 0 bridgehead atoms. The lowest BCUT2D eigenvalue weighted by atomic mass is 9.81. The second kappa shape index (κ2) is 6.57. The molecule has 2 saturated heterocycles. The number of rotatable bonds is 4. The van der Waals surface area contributed by atoms with Crippen LogP contribution in [0.2, 0.25) is 0 Å². The van der Waals surface area contributed by atoms with E-state index in [4.69, 9.17) is 0 Å². The maximum absolute atomic E-state index is 12.4. The van der Waals surface area contributed by atoms with Crippen LogP contribution in [0.5, 0.6) is 0 Å². The standard InChI is InChI=1S/C17H29N3O2/c1-17(6-8-18-9-7-17)12-19-16(22)13-10-15(21)20(11-13)14-4-2-3-5-14/h13-14,18H,2-12H2,1H3,(H,19,22). The molecule has 2 aliphatic heterocycles. The number of nitrogens with one attached hydrogen (secondary N) is 2. The van der Waals surface area contributed by atoms with Gasteiger partial charge >= 0.3 is 0 Å². The molecule has 2 heterocycles. The Labute approximate surface area is 133 Å². The smallest absolute Gasteiger partial charge is 0.225 e. The molecule has 124 valence electrons. The van der Waals surface area contributed by atoms with Crippen LogP contribution in [0, 0.1) is 11.3 Å². The first-order valence-corrected chi connectivity index (χ1v) is 8.85. The van der Waals surface area contributed by atoms with Crippen molar-refractivity contribution in [1.29, 1.82) is 0 Å². The highest BCUT2D eigenvalue weighted by molar-refractivity contribution is 5.89. The van der Waals surface area contributed by atoms with E-state index in [1.807, 2.05) is 4.90 Å². The number of amides is 2. The van der Waals surface area contributed by atoms with Crippen LogP contribution in [0.3, 0.4) is 0 Å². The molecule has 2 amide bonds. The van der Waals surface area contributed by atoms with Gasteiger partial charge in [-0.05, 0) is 44.2 Å². The average molecular weight is 307 g/mol. The molecule has 1 unspecified atom stereocenters. The molecule has 0 aromatic rings. The zero-order valence-electron chi connectivity index (χ0n) is 13.7. The Hall–Kier alpha value is -1.10. The zero-order chi connectivity index (χ0) is 15.6. The fraction of sp³-hybridized carbons (Fsp3) is 0.882. The summed E-state index contributed by atoms with van der Waals surface area (Å²) in [4.78, 5) is 26.6. The van der Waals surface area contributed by atoms with Gasteiger partial charge in [0, 0.05) is 25.6 Å². The summed E-state index contributed by atoms with van der Waals surface area (Å²) in [5.74, 6) is 0.118. The average Bonchev–Trinajstić information content (AvgIpc) is 3.15. The van der Waals surface area contributed by atoms with Crippen molar-refractivity contribution in [2.75, 3.05) is 26.2 Å². The molecule has 5 heteroatoms. The highest BCUT2D eigenvalue weighted by Gasteiger charge is 2.39. The van der Waals surface area contributed by atoms with Gasteiger partial charge in [0.1, 0.15) is 0 Å². The van der Waals surface area contributed by atoms with Crippen molar-refractivity contribution in [3.05, 3.63) is 0 Å². The fourth-order valence-electron chi connectivity index (χ4n) is 4.13. The normalized spacial score (nSPS) is 29.0. The molecule has 3 aliphatic rings. The Morgan fingerprint density at radius 1 is 1.32 bits per heavy atom. The monoisotopic (exact) mass is 307 g/mol. The van der Waals surface area contributed by atoms with Gasteiger partial charge in [0.15, 0.2) is 0 Å². The Kier molecular flexibility index (Phi) is 4.71. The van der Waals surface area contributed by atoms with Crippen LogP contribution < -0.4 is 10.6 Å². The van der Waals surface area contributed by atoms with Gasteiger partial charge in [-0.15, -0.1) is 0 Å². The van der Waals surface area contributed by atoms with E-state index in [2.05, 4.69) is 17.6 Å². The summed E-state index contributed by atoms with van der Waals surface area (Å²) in [5, 5.41) is 6.48. The second-order valence-corrected chi connectivity index (χ2v) is 7.66. The summed E-state index contributed by atoms with van der Waals surface area (Å²) in [7, 11) is 0. The first-order chi connectivity index (χ1) is 10.6. The lowest BCUT2D eigenvalue weighted by Crippen LogP contribution is -2.44. The molecule has 0 aromatic heterocycles. The largest absolute Gasteiger partial charge is 0.355 e. The minimum absolute atomic E-state index is 0.0774. The lowest BCUT2D eigenvalue weighted by molar-refractivity contribution is -0.130. The van der Waals surface area contributed by atoms with E-state index in [0.717, 1.165) is 45.3 Å². The van der Waals surface area contributed by atoms with Gasteiger partial charge in [-0.3, -0.25) is 9.59 Å². The molecule has 1 saturated carbocycles. The molecule has 0 aromatic carbocycles. The Morgan fingerprint density at radius 3 is 2.68 bits per heavy atom. The molecule has 1 aliphatic carbocycles. The van der Waals surface area contributed by atoms with Gasteiger partial charge in [0.2, 0.25) is 11.8 Å². The lowest BCUT2D eigenvalue weighted by Gasteiger charge is -2.34. The van der Waals surface area contributed by atoms with Gasteiger partial charge in [0.25, 0.3) is 0 Å². The predicted octanol–water partition coefficient (Wildman–Crippen LogP) is 1.28. The molecule has 2 N–H and O–H groups in total. The molecule has 3 fully saturated rings. The van der Waals surface area contributed by atoms with E-state index >= 15 is 0 Å². The third-order valence-electron chi connectivity index (χ3n) is 5.79. The van der Waals surface area contributed by atoms with Crippen LogP contribution >= 0.6 is 0 Å². The Morgan fingerprint density at radius 2 is 2.00 bits per heavy atom. The minimum atomic E-state index is -0.140. The number of carbonyl (C=O) groups excluding carboxylic acids is 2. The van der Waals surface area contributed by atoms with Crippen molar-refractivity contribution in [3.63, 3.8) is 0 Å².